The number of anilines is 1. The topological polar surface area (TPSA) is 87.9 Å². The molecule has 0 aliphatic heterocycles. The predicted octanol–water partition coefficient (Wildman–Crippen LogP) is 3.24. The molecule has 2 rings (SSSR count). The van der Waals surface area contributed by atoms with Gasteiger partial charge in [0.2, 0.25) is 0 Å². The first-order chi connectivity index (χ1) is 12.7. The number of hydrogen-bond acceptors (Lipinski definition) is 4. The highest BCUT2D eigenvalue weighted by molar-refractivity contribution is 14.0. The fourth-order valence-electron chi connectivity index (χ4n) is 2.23. The number of ether oxygens (including phenoxy) is 1. The molecular formula is C19H27IN4O3. The number of nitrogens with zero attached hydrogens (tertiary/aromatic N) is 1. The number of carbonyl (C=O) groups excluding carboxylic acids is 1. The number of nitrogens with one attached hydrogen (secondary N) is 3. The molecule has 1 aromatic heterocycles. The fraction of sp³-hybridized carbons (Fsp3) is 0.368. The Morgan fingerprint density at radius 3 is 2.59 bits per heavy atom. The van der Waals surface area contributed by atoms with Crippen molar-refractivity contribution >= 4 is 41.5 Å². The maximum atomic E-state index is 11.9. The van der Waals surface area contributed by atoms with Gasteiger partial charge in [0.05, 0.1) is 12.8 Å². The smallest absolute Gasteiger partial charge is 0.291 e. The molecule has 0 saturated heterocycles. The van der Waals surface area contributed by atoms with Gasteiger partial charge in [0.25, 0.3) is 5.91 Å². The van der Waals surface area contributed by atoms with E-state index in [4.69, 9.17) is 9.15 Å². The van der Waals surface area contributed by atoms with Crippen LogP contribution in [-0.4, -0.2) is 38.7 Å². The Morgan fingerprint density at radius 2 is 1.96 bits per heavy atom. The predicted molar refractivity (Wildman–Crippen MR) is 118 cm³/mol. The van der Waals surface area contributed by atoms with Crippen LogP contribution in [0.25, 0.3) is 0 Å². The second-order valence-corrected chi connectivity index (χ2v) is 5.60. The normalized spacial score (nSPS) is 10.8. The van der Waals surface area contributed by atoms with E-state index in [2.05, 4.69) is 20.9 Å². The Morgan fingerprint density at radius 1 is 1.19 bits per heavy atom. The second kappa shape index (κ2) is 13.2. The summed E-state index contributed by atoms with van der Waals surface area (Å²) in [4.78, 5) is 16.5. The zero-order chi connectivity index (χ0) is 18.6. The van der Waals surface area contributed by atoms with Crippen molar-refractivity contribution in [3.05, 3.63) is 54.0 Å². The number of guanidine groups is 1. The molecule has 1 heterocycles. The number of carbonyl (C=O) groups is 1. The van der Waals surface area contributed by atoms with Crippen LogP contribution in [0, 0.1) is 0 Å². The number of amides is 1. The standard InChI is InChI=1S/C19H26N4O3.HI/c1-3-20-19(21-11-5-12-25-2)22-14-15-7-9-16(10-8-15)23-18(24)17-6-4-13-26-17;/h4,6-10,13H,3,5,11-12,14H2,1-2H3,(H,23,24)(H2,20,21,22);1H. The number of methoxy groups -OCH3 is 1. The second-order valence-electron chi connectivity index (χ2n) is 5.60. The van der Waals surface area contributed by atoms with Gasteiger partial charge in [0, 0.05) is 32.5 Å². The Labute approximate surface area is 177 Å². The molecule has 7 nitrogen and oxygen atoms in total. The molecule has 0 bridgehead atoms. The molecule has 1 aromatic carbocycles. The summed E-state index contributed by atoms with van der Waals surface area (Å²) < 4.78 is 10.1. The monoisotopic (exact) mass is 486 g/mol. The zero-order valence-electron chi connectivity index (χ0n) is 15.7. The number of aliphatic imine (C=N–C) groups is 1. The average Bonchev–Trinajstić information content (AvgIpc) is 3.19. The van der Waals surface area contributed by atoms with Crippen LogP contribution < -0.4 is 16.0 Å². The molecule has 3 N–H and O–H groups in total. The van der Waals surface area contributed by atoms with Crippen molar-refractivity contribution in [2.24, 2.45) is 4.99 Å². The van der Waals surface area contributed by atoms with Gasteiger partial charge in [-0.25, -0.2) is 4.99 Å². The lowest BCUT2D eigenvalue weighted by Crippen LogP contribution is -2.38. The molecule has 148 valence electrons. The van der Waals surface area contributed by atoms with Gasteiger partial charge < -0.3 is 25.1 Å². The van der Waals surface area contributed by atoms with Crippen LogP contribution in [0.15, 0.2) is 52.1 Å². The minimum absolute atomic E-state index is 0. The van der Waals surface area contributed by atoms with Gasteiger partial charge in [-0.05, 0) is 43.2 Å². The molecule has 0 spiro atoms. The minimum atomic E-state index is -0.268. The maximum Gasteiger partial charge on any atom is 0.291 e. The van der Waals surface area contributed by atoms with Gasteiger partial charge in [0.1, 0.15) is 0 Å². The van der Waals surface area contributed by atoms with Crippen LogP contribution in [-0.2, 0) is 11.3 Å². The van der Waals surface area contributed by atoms with Gasteiger partial charge in [-0.15, -0.1) is 24.0 Å². The summed E-state index contributed by atoms with van der Waals surface area (Å²) in [5.41, 5.74) is 1.76. The molecule has 8 heteroatoms. The van der Waals surface area contributed by atoms with E-state index in [0.717, 1.165) is 37.6 Å². The molecule has 0 saturated carbocycles. The van der Waals surface area contributed by atoms with Crippen molar-refractivity contribution in [1.82, 2.24) is 10.6 Å². The van der Waals surface area contributed by atoms with E-state index in [9.17, 15) is 4.79 Å². The van der Waals surface area contributed by atoms with Crippen LogP contribution in [0.5, 0.6) is 0 Å². The molecule has 2 aromatic rings. The van der Waals surface area contributed by atoms with Crippen LogP contribution in [0.4, 0.5) is 5.69 Å². The number of furan rings is 1. The zero-order valence-corrected chi connectivity index (χ0v) is 18.0. The summed E-state index contributed by atoms with van der Waals surface area (Å²) in [5, 5.41) is 9.28. The summed E-state index contributed by atoms with van der Waals surface area (Å²) in [6, 6.07) is 10.9. The van der Waals surface area contributed by atoms with Crippen LogP contribution in [0.2, 0.25) is 0 Å². The molecule has 0 aliphatic carbocycles. The van der Waals surface area contributed by atoms with Gasteiger partial charge in [-0.1, -0.05) is 12.1 Å². The average molecular weight is 486 g/mol. The number of halogens is 1. The molecular weight excluding hydrogens is 459 g/mol. The first-order valence-electron chi connectivity index (χ1n) is 8.68. The number of benzene rings is 1. The molecule has 0 unspecified atom stereocenters. The van der Waals surface area contributed by atoms with Crippen molar-refractivity contribution in [3.63, 3.8) is 0 Å². The summed E-state index contributed by atoms with van der Waals surface area (Å²) in [6.45, 7) is 4.90. The van der Waals surface area contributed by atoms with Crippen LogP contribution in [0.3, 0.4) is 0 Å². The van der Waals surface area contributed by atoms with Crippen molar-refractivity contribution in [2.75, 3.05) is 32.1 Å². The Bertz CT molecular complexity index is 687. The molecule has 0 aliphatic rings. The third kappa shape index (κ3) is 8.44. The van der Waals surface area contributed by atoms with E-state index in [-0.39, 0.29) is 35.6 Å². The largest absolute Gasteiger partial charge is 0.459 e. The minimum Gasteiger partial charge on any atom is -0.459 e. The van der Waals surface area contributed by atoms with E-state index >= 15 is 0 Å². The number of rotatable bonds is 9. The lowest BCUT2D eigenvalue weighted by Gasteiger charge is -2.11. The summed E-state index contributed by atoms with van der Waals surface area (Å²) in [6.07, 6.45) is 2.40. The first-order valence-corrected chi connectivity index (χ1v) is 8.68. The van der Waals surface area contributed by atoms with Crippen LogP contribution in [0.1, 0.15) is 29.5 Å². The maximum absolute atomic E-state index is 11.9. The highest BCUT2D eigenvalue weighted by Crippen LogP contribution is 2.12. The third-order valence-electron chi connectivity index (χ3n) is 3.54. The van der Waals surface area contributed by atoms with E-state index in [0.29, 0.717) is 12.2 Å². The summed E-state index contributed by atoms with van der Waals surface area (Å²) >= 11 is 0. The highest BCUT2D eigenvalue weighted by atomic mass is 127. The highest BCUT2D eigenvalue weighted by Gasteiger charge is 2.08. The van der Waals surface area contributed by atoms with E-state index < -0.39 is 0 Å². The van der Waals surface area contributed by atoms with Gasteiger partial charge in [-0.3, -0.25) is 4.79 Å². The van der Waals surface area contributed by atoms with Crippen LogP contribution >= 0.6 is 24.0 Å². The van der Waals surface area contributed by atoms with Crippen molar-refractivity contribution in [2.45, 2.75) is 19.9 Å². The first kappa shape index (κ1) is 23.0. The molecule has 0 fully saturated rings. The van der Waals surface area contributed by atoms with E-state index in [1.807, 2.05) is 31.2 Å². The number of hydrogen-bond donors (Lipinski definition) is 3. The van der Waals surface area contributed by atoms with Gasteiger partial charge >= 0.3 is 0 Å². The SMILES string of the molecule is CCNC(=NCc1ccc(NC(=O)c2ccco2)cc1)NCCCOC.I. The Balaban J connectivity index is 0.00000364. The van der Waals surface area contributed by atoms with Crippen molar-refractivity contribution < 1.29 is 13.9 Å². The molecule has 27 heavy (non-hydrogen) atoms. The molecule has 1 amide bonds. The third-order valence-corrected chi connectivity index (χ3v) is 3.54. The quantitative estimate of drug-likeness (QED) is 0.219. The van der Waals surface area contributed by atoms with Crippen molar-refractivity contribution in [3.8, 4) is 0 Å². The Kier molecular flexibility index (Phi) is 11.2. The van der Waals surface area contributed by atoms with Gasteiger partial charge in [-0.2, -0.15) is 0 Å². The van der Waals surface area contributed by atoms with E-state index in [1.54, 1.807) is 19.2 Å². The van der Waals surface area contributed by atoms with Gasteiger partial charge in [0.15, 0.2) is 11.7 Å². The van der Waals surface area contributed by atoms with Crippen molar-refractivity contribution in [1.29, 1.82) is 0 Å². The lowest BCUT2D eigenvalue weighted by molar-refractivity contribution is 0.0996. The van der Waals surface area contributed by atoms with E-state index in [1.165, 1.54) is 6.26 Å². The molecule has 0 atom stereocenters. The Hall–Kier alpha value is -2.07. The fourth-order valence-corrected chi connectivity index (χ4v) is 2.23. The molecule has 0 radical (unpaired) electrons. The summed E-state index contributed by atoms with van der Waals surface area (Å²) in [7, 11) is 1.69. The lowest BCUT2D eigenvalue weighted by atomic mass is 10.2. The summed E-state index contributed by atoms with van der Waals surface area (Å²) in [5.74, 6) is 0.794.